The van der Waals surface area contributed by atoms with Crippen molar-refractivity contribution >= 4 is 27.3 Å². The van der Waals surface area contributed by atoms with Crippen LogP contribution >= 0.6 is 27.3 Å². The average molecular weight is 261 g/mol. The Kier molecular flexibility index (Phi) is 3.71. The Morgan fingerprint density at radius 3 is 2.62 bits per heavy atom. The zero-order valence-corrected chi connectivity index (χ0v) is 10.4. The van der Waals surface area contributed by atoms with Crippen LogP contribution in [-0.2, 0) is 0 Å². The van der Waals surface area contributed by atoms with Crippen LogP contribution in [0.2, 0.25) is 0 Å². The van der Waals surface area contributed by atoms with Gasteiger partial charge in [-0.05, 0) is 42.8 Å². The summed E-state index contributed by atoms with van der Waals surface area (Å²) in [5.74, 6) is 0. The van der Waals surface area contributed by atoms with Gasteiger partial charge in [-0.1, -0.05) is 11.6 Å². The van der Waals surface area contributed by atoms with Crippen LogP contribution in [-0.4, -0.2) is 5.11 Å². The van der Waals surface area contributed by atoms with E-state index in [1.165, 1.54) is 4.88 Å². The minimum atomic E-state index is -0.458. The quantitative estimate of drug-likeness (QED) is 0.802. The first-order chi connectivity index (χ1) is 6.00. The van der Waals surface area contributed by atoms with Crippen LogP contribution in [0.3, 0.4) is 0 Å². The first-order valence-corrected chi connectivity index (χ1v) is 5.70. The molecule has 3 heteroatoms. The Bertz CT molecular complexity index is 304. The zero-order chi connectivity index (χ0) is 10.0. The average Bonchev–Trinajstić information content (AvgIpc) is 2.31. The van der Waals surface area contributed by atoms with Gasteiger partial charge in [0.15, 0.2) is 0 Å². The van der Waals surface area contributed by atoms with E-state index in [0.717, 1.165) is 14.9 Å². The molecule has 0 amide bonds. The fourth-order valence-electron chi connectivity index (χ4n) is 1.03. The van der Waals surface area contributed by atoms with Crippen molar-refractivity contribution in [3.63, 3.8) is 0 Å². The van der Waals surface area contributed by atoms with Gasteiger partial charge in [-0.3, -0.25) is 0 Å². The summed E-state index contributed by atoms with van der Waals surface area (Å²) < 4.78 is 1.08. The number of aryl methyl sites for hydroxylation is 1. The SMILES string of the molecule is CC(C)=CC(O)c1cc(Br)c(C)s1. The molecule has 0 aliphatic carbocycles. The summed E-state index contributed by atoms with van der Waals surface area (Å²) in [6.45, 7) is 6.00. The molecule has 1 nitrogen and oxygen atoms in total. The number of thiophene rings is 1. The highest BCUT2D eigenvalue weighted by atomic mass is 79.9. The van der Waals surface area contributed by atoms with Crippen LogP contribution in [0, 0.1) is 6.92 Å². The van der Waals surface area contributed by atoms with E-state index >= 15 is 0 Å². The molecular weight excluding hydrogens is 248 g/mol. The molecule has 1 atom stereocenters. The fraction of sp³-hybridized carbons (Fsp3) is 0.400. The molecule has 72 valence electrons. The van der Waals surface area contributed by atoms with Crippen molar-refractivity contribution in [2.45, 2.75) is 26.9 Å². The summed E-state index contributed by atoms with van der Waals surface area (Å²) in [5.41, 5.74) is 1.13. The number of allylic oxidation sites excluding steroid dienone is 1. The molecule has 0 aliphatic heterocycles. The summed E-state index contributed by atoms with van der Waals surface area (Å²) in [5, 5.41) is 9.74. The van der Waals surface area contributed by atoms with Gasteiger partial charge in [-0.2, -0.15) is 0 Å². The van der Waals surface area contributed by atoms with E-state index < -0.39 is 6.10 Å². The normalized spacial score (nSPS) is 12.7. The number of rotatable bonds is 2. The predicted molar refractivity (Wildman–Crippen MR) is 61.1 cm³/mol. The van der Waals surface area contributed by atoms with Crippen LogP contribution in [0.5, 0.6) is 0 Å². The summed E-state index contributed by atoms with van der Waals surface area (Å²) >= 11 is 5.05. The smallest absolute Gasteiger partial charge is 0.107 e. The molecule has 0 aliphatic rings. The molecule has 1 heterocycles. The molecule has 0 aromatic carbocycles. The number of aliphatic hydroxyl groups is 1. The van der Waals surface area contributed by atoms with Gasteiger partial charge in [0.25, 0.3) is 0 Å². The van der Waals surface area contributed by atoms with Crippen LogP contribution in [0.25, 0.3) is 0 Å². The molecule has 13 heavy (non-hydrogen) atoms. The van der Waals surface area contributed by atoms with E-state index in [2.05, 4.69) is 15.9 Å². The minimum Gasteiger partial charge on any atom is -0.383 e. The molecule has 0 bridgehead atoms. The van der Waals surface area contributed by atoms with Gasteiger partial charge in [0.2, 0.25) is 0 Å². The lowest BCUT2D eigenvalue weighted by atomic mass is 10.2. The molecule has 0 fully saturated rings. The molecule has 1 rings (SSSR count). The third kappa shape index (κ3) is 2.93. The standard InChI is InChI=1S/C10H13BrOS/c1-6(2)4-9(12)10-5-8(11)7(3)13-10/h4-5,9,12H,1-3H3. The molecule has 0 radical (unpaired) electrons. The Hall–Kier alpha value is -0.120. The first kappa shape index (κ1) is 11.0. The highest BCUT2D eigenvalue weighted by molar-refractivity contribution is 9.10. The van der Waals surface area contributed by atoms with E-state index in [0.29, 0.717) is 0 Å². The maximum absolute atomic E-state index is 9.74. The molecule has 0 saturated carbocycles. The van der Waals surface area contributed by atoms with Crippen LogP contribution in [0.1, 0.15) is 29.7 Å². The van der Waals surface area contributed by atoms with E-state index in [4.69, 9.17) is 0 Å². The topological polar surface area (TPSA) is 20.2 Å². The number of aliphatic hydroxyl groups excluding tert-OH is 1. The number of hydrogen-bond acceptors (Lipinski definition) is 2. The van der Waals surface area contributed by atoms with Crippen molar-refractivity contribution in [3.05, 3.63) is 31.9 Å². The predicted octanol–water partition coefficient (Wildman–Crippen LogP) is 3.82. The van der Waals surface area contributed by atoms with E-state index in [1.54, 1.807) is 11.3 Å². The largest absolute Gasteiger partial charge is 0.383 e. The first-order valence-electron chi connectivity index (χ1n) is 4.09. The van der Waals surface area contributed by atoms with Gasteiger partial charge in [0.05, 0.1) is 0 Å². The maximum Gasteiger partial charge on any atom is 0.107 e. The van der Waals surface area contributed by atoms with E-state index in [9.17, 15) is 5.11 Å². The van der Waals surface area contributed by atoms with Crippen molar-refractivity contribution in [2.24, 2.45) is 0 Å². The fourth-order valence-corrected chi connectivity index (χ4v) is 2.54. The molecule has 1 unspecified atom stereocenters. The Balaban J connectivity index is 2.89. The summed E-state index contributed by atoms with van der Waals surface area (Å²) in [4.78, 5) is 2.20. The highest BCUT2D eigenvalue weighted by Gasteiger charge is 2.09. The monoisotopic (exact) mass is 260 g/mol. The third-order valence-corrected chi connectivity index (χ3v) is 3.87. The van der Waals surface area contributed by atoms with Crippen molar-refractivity contribution in [3.8, 4) is 0 Å². The second kappa shape index (κ2) is 4.40. The second-order valence-electron chi connectivity index (χ2n) is 3.24. The second-order valence-corrected chi connectivity index (χ2v) is 5.38. The van der Waals surface area contributed by atoms with Gasteiger partial charge in [0.1, 0.15) is 6.10 Å². The molecule has 0 saturated heterocycles. The van der Waals surface area contributed by atoms with Gasteiger partial charge in [-0.15, -0.1) is 11.3 Å². The van der Waals surface area contributed by atoms with E-state index in [1.807, 2.05) is 32.9 Å². The molecule has 1 aromatic rings. The van der Waals surface area contributed by atoms with Crippen LogP contribution < -0.4 is 0 Å². The lowest BCUT2D eigenvalue weighted by molar-refractivity contribution is 0.231. The Morgan fingerprint density at radius 2 is 2.23 bits per heavy atom. The van der Waals surface area contributed by atoms with Crippen molar-refractivity contribution in [2.75, 3.05) is 0 Å². The molecular formula is C10H13BrOS. The Morgan fingerprint density at radius 1 is 1.62 bits per heavy atom. The highest BCUT2D eigenvalue weighted by Crippen LogP contribution is 2.31. The number of halogens is 1. The summed E-state index contributed by atoms with van der Waals surface area (Å²) in [6, 6.07) is 1.98. The van der Waals surface area contributed by atoms with Gasteiger partial charge in [-0.25, -0.2) is 0 Å². The summed E-state index contributed by atoms with van der Waals surface area (Å²) in [6.07, 6.45) is 1.40. The molecule has 1 aromatic heterocycles. The third-order valence-electron chi connectivity index (χ3n) is 1.66. The summed E-state index contributed by atoms with van der Waals surface area (Å²) in [7, 11) is 0. The van der Waals surface area contributed by atoms with E-state index in [-0.39, 0.29) is 0 Å². The Labute approximate surface area is 91.2 Å². The van der Waals surface area contributed by atoms with Gasteiger partial charge in [0, 0.05) is 14.2 Å². The van der Waals surface area contributed by atoms with Crippen molar-refractivity contribution < 1.29 is 5.11 Å². The van der Waals surface area contributed by atoms with Crippen LogP contribution in [0.15, 0.2) is 22.2 Å². The van der Waals surface area contributed by atoms with Gasteiger partial charge < -0.3 is 5.11 Å². The molecule has 0 spiro atoms. The zero-order valence-electron chi connectivity index (χ0n) is 7.97. The van der Waals surface area contributed by atoms with Crippen LogP contribution in [0.4, 0.5) is 0 Å². The minimum absolute atomic E-state index is 0.458. The lowest BCUT2D eigenvalue weighted by Gasteiger charge is -2.01. The number of hydrogen-bond donors (Lipinski definition) is 1. The van der Waals surface area contributed by atoms with Crippen molar-refractivity contribution in [1.29, 1.82) is 0 Å². The van der Waals surface area contributed by atoms with Gasteiger partial charge >= 0.3 is 0 Å². The maximum atomic E-state index is 9.74. The lowest BCUT2D eigenvalue weighted by Crippen LogP contribution is -1.89. The van der Waals surface area contributed by atoms with Crippen molar-refractivity contribution in [1.82, 2.24) is 0 Å². The molecule has 1 N–H and O–H groups in total.